The second-order valence-corrected chi connectivity index (χ2v) is 3.85. The summed E-state index contributed by atoms with van der Waals surface area (Å²) in [5.41, 5.74) is 2.30. The van der Waals surface area contributed by atoms with Gasteiger partial charge in [0.2, 0.25) is 0 Å². The first-order valence-electron chi connectivity index (χ1n) is 4.68. The predicted octanol–water partition coefficient (Wildman–Crippen LogP) is 1.29. The molecule has 1 rings (SSSR count). The Balaban J connectivity index is 2.68. The van der Waals surface area contributed by atoms with E-state index in [1.54, 1.807) is 0 Å². The maximum atomic E-state index is 9.35. The molecule has 74 valence electrons. The van der Waals surface area contributed by atoms with Crippen molar-refractivity contribution in [2.75, 3.05) is 0 Å². The van der Waals surface area contributed by atoms with E-state index in [1.807, 2.05) is 31.8 Å². The van der Waals surface area contributed by atoms with Crippen LogP contribution < -0.4 is 0 Å². The normalized spacial score (nSPS) is 15.8. The van der Waals surface area contributed by atoms with Gasteiger partial charge >= 0.3 is 0 Å². The number of hydrogen-bond acceptors (Lipinski definition) is 2. The molecular formula is C10H18N2O. The van der Waals surface area contributed by atoms with Crippen LogP contribution in [0, 0.1) is 12.8 Å². The summed E-state index contributed by atoms with van der Waals surface area (Å²) in [5.74, 6) is 0.272. The largest absolute Gasteiger partial charge is 0.393 e. The van der Waals surface area contributed by atoms with Crippen LogP contribution in [0.15, 0.2) is 6.20 Å². The van der Waals surface area contributed by atoms with Crippen molar-refractivity contribution in [2.45, 2.75) is 33.3 Å². The fourth-order valence-corrected chi connectivity index (χ4v) is 1.33. The Labute approximate surface area is 79.4 Å². The average Bonchev–Trinajstić information content (AvgIpc) is 2.30. The number of aliphatic hydroxyl groups is 1. The second-order valence-electron chi connectivity index (χ2n) is 3.85. The lowest BCUT2D eigenvalue weighted by molar-refractivity contribution is 0.134. The van der Waals surface area contributed by atoms with Crippen molar-refractivity contribution in [3.05, 3.63) is 17.5 Å². The van der Waals surface area contributed by atoms with Crippen molar-refractivity contribution in [3.63, 3.8) is 0 Å². The molecule has 13 heavy (non-hydrogen) atoms. The van der Waals surface area contributed by atoms with Crippen LogP contribution in [0.5, 0.6) is 0 Å². The number of hydrogen-bond donors (Lipinski definition) is 1. The predicted molar refractivity (Wildman–Crippen MR) is 52.5 cm³/mol. The second kappa shape index (κ2) is 3.92. The van der Waals surface area contributed by atoms with Crippen LogP contribution in [-0.4, -0.2) is 21.0 Å². The molecule has 0 amide bonds. The third kappa shape index (κ3) is 2.56. The fraction of sp³-hybridized carbons (Fsp3) is 0.700. The Bertz CT molecular complexity index is 278. The Kier molecular flexibility index (Phi) is 3.09. The van der Waals surface area contributed by atoms with Gasteiger partial charge in [0, 0.05) is 13.2 Å². The lowest BCUT2D eigenvalue weighted by Crippen LogP contribution is -2.16. The number of aliphatic hydroxyl groups excluding tert-OH is 1. The summed E-state index contributed by atoms with van der Waals surface area (Å²) in [7, 11) is 1.92. The zero-order valence-electron chi connectivity index (χ0n) is 8.78. The van der Waals surface area contributed by atoms with Gasteiger partial charge in [-0.25, -0.2) is 0 Å². The Hall–Kier alpha value is -0.830. The van der Waals surface area contributed by atoms with Crippen LogP contribution in [-0.2, 0) is 13.5 Å². The van der Waals surface area contributed by atoms with E-state index in [0.717, 1.165) is 12.1 Å². The van der Waals surface area contributed by atoms with Crippen molar-refractivity contribution in [1.29, 1.82) is 0 Å². The minimum absolute atomic E-state index is 0.263. The minimum Gasteiger partial charge on any atom is -0.393 e. The molecule has 1 heterocycles. The van der Waals surface area contributed by atoms with Crippen LogP contribution in [0.25, 0.3) is 0 Å². The molecule has 2 unspecified atom stereocenters. The van der Waals surface area contributed by atoms with E-state index in [9.17, 15) is 5.11 Å². The van der Waals surface area contributed by atoms with E-state index in [1.165, 1.54) is 5.56 Å². The molecule has 0 radical (unpaired) electrons. The van der Waals surface area contributed by atoms with Gasteiger partial charge < -0.3 is 5.11 Å². The minimum atomic E-state index is -0.263. The highest BCUT2D eigenvalue weighted by Crippen LogP contribution is 2.13. The van der Waals surface area contributed by atoms with Crippen molar-refractivity contribution in [1.82, 2.24) is 9.78 Å². The maximum absolute atomic E-state index is 9.35. The molecule has 0 aliphatic heterocycles. The van der Waals surface area contributed by atoms with Crippen LogP contribution in [0.3, 0.4) is 0 Å². The molecule has 3 nitrogen and oxygen atoms in total. The summed E-state index contributed by atoms with van der Waals surface area (Å²) < 4.78 is 1.82. The van der Waals surface area contributed by atoms with Gasteiger partial charge in [-0.1, -0.05) is 6.92 Å². The van der Waals surface area contributed by atoms with E-state index >= 15 is 0 Å². The van der Waals surface area contributed by atoms with E-state index in [0.29, 0.717) is 0 Å². The SMILES string of the molecule is Cc1cn(C)nc1CC(C)C(C)O. The molecule has 3 heteroatoms. The Morgan fingerprint density at radius 2 is 2.15 bits per heavy atom. The van der Waals surface area contributed by atoms with E-state index in [4.69, 9.17) is 0 Å². The number of nitrogens with zero attached hydrogens (tertiary/aromatic N) is 2. The molecule has 0 saturated carbocycles. The first-order chi connectivity index (χ1) is 6.00. The molecule has 0 fully saturated rings. The van der Waals surface area contributed by atoms with Crippen molar-refractivity contribution in [3.8, 4) is 0 Å². The van der Waals surface area contributed by atoms with Gasteiger partial charge in [-0.2, -0.15) is 5.10 Å². The molecule has 0 aliphatic rings. The van der Waals surface area contributed by atoms with Crippen LogP contribution in [0.4, 0.5) is 0 Å². The number of aromatic nitrogens is 2. The van der Waals surface area contributed by atoms with Crippen LogP contribution >= 0.6 is 0 Å². The molecule has 0 spiro atoms. The zero-order valence-corrected chi connectivity index (χ0v) is 8.78. The molecule has 0 aromatic carbocycles. The maximum Gasteiger partial charge on any atom is 0.0657 e. The molecule has 1 aromatic heterocycles. The average molecular weight is 182 g/mol. The zero-order chi connectivity index (χ0) is 10.0. The highest BCUT2D eigenvalue weighted by Gasteiger charge is 2.13. The molecule has 2 atom stereocenters. The van der Waals surface area contributed by atoms with Gasteiger partial charge in [-0.05, 0) is 31.7 Å². The van der Waals surface area contributed by atoms with Gasteiger partial charge in [-0.3, -0.25) is 4.68 Å². The van der Waals surface area contributed by atoms with Crippen molar-refractivity contribution >= 4 is 0 Å². The third-order valence-corrected chi connectivity index (χ3v) is 2.45. The van der Waals surface area contributed by atoms with E-state index in [-0.39, 0.29) is 12.0 Å². The van der Waals surface area contributed by atoms with E-state index < -0.39 is 0 Å². The summed E-state index contributed by atoms with van der Waals surface area (Å²) >= 11 is 0. The summed E-state index contributed by atoms with van der Waals surface area (Å²) in [6.07, 6.45) is 2.59. The Morgan fingerprint density at radius 3 is 2.54 bits per heavy atom. The fourth-order valence-electron chi connectivity index (χ4n) is 1.33. The summed E-state index contributed by atoms with van der Waals surface area (Å²) in [5, 5.41) is 13.7. The highest BCUT2D eigenvalue weighted by atomic mass is 16.3. The molecule has 0 bridgehead atoms. The van der Waals surface area contributed by atoms with Crippen molar-refractivity contribution in [2.24, 2.45) is 13.0 Å². The number of rotatable bonds is 3. The summed E-state index contributed by atoms with van der Waals surface area (Å²) in [6, 6.07) is 0. The van der Waals surface area contributed by atoms with Gasteiger partial charge in [0.05, 0.1) is 11.8 Å². The van der Waals surface area contributed by atoms with Gasteiger partial charge in [-0.15, -0.1) is 0 Å². The van der Waals surface area contributed by atoms with Crippen LogP contribution in [0.1, 0.15) is 25.1 Å². The van der Waals surface area contributed by atoms with Crippen molar-refractivity contribution < 1.29 is 5.11 Å². The molecule has 1 N–H and O–H groups in total. The van der Waals surface area contributed by atoms with Gasteiger partial charge in [0.1, 0.15) is 0 Å². The first kappa shape index (κ1) is 10.3. The topological polar surface area (TPSA) is 38.0 Å². The van der Waals surface area contributed by atoms with Gasteiger partial charge in [0.25, 0.3) is 0 Å². The summed E-state index contributed by atoms with van der Waals surface area (Å²) in [4.78, 5) is 0. The molecule has 0 aliphatic carbocycles. The quantitative estimate of drug-likeness (QED) is 0.765. The monoisotopic (exact) mass is 182 g/mol. The summed E-state index contributed by atoms with van der Waals surface area (Å²) in [6.45, 7) is 5.92. The molecule has 0 saturated heterocycles. The standard InChI is InChI=1S/C10H18N2O/c1-7(9(3)13)5-10-8(2)6-12(4)11-10/h6-7,9,13H,5H2,1-4H3. The van der Waals surface area contributed by atoms with Gasteiger partial charge in [0.15, 0.2) is 0 Å². The lowest BCUT2D eigenvalue weighted by Gasteiger charge is -2.12. The number of aryl methyl sites for hydroxylation is 2. The smallest absolute Gasteiger partial charge is 0.0657 e. The van der Waals surface area contributed by atoms with Crippen LogP contribution in [0.2, 0.25) is 0 Å². The third-order valence-electron chi connectivity index (χ3n) is 2.45. The molecular weight excluding hydrogens is 164 g/mol. The molecule has 1 aromatic rings. The highest BCUT2D eigenvalue weighted by molar-refractivity contribution is 5.15. The lowest BCUT2D eigenvalue weighted by atomic mass is 9.99. The van der Waals surface area contributed by atoms with E-state index in [2.05, 4.69) is 12.0 Å². The first-order valence-corrected chi connectivity index (χ1v) is 4.68. The Morgan fingerprint density at radius 1 is 1.54 bits per heavy atom.